The average molecular weight is 597 g/mol. The molecule has 5 nitrogen and oxygen atoms in total. The first-order valence-corrected chi connectivity index (χ1v) is 11.6. The number of fused-ring (bicyclic) bond motifs is 1. The fourth-order valence-corrected chi connectivity index (χ4v) is 4.84. The first-order valence-electron chi connectivity index (χ1n) is 9.22. The zero-order valence-electron chi connectivity index (χ0n) is 16.5. The Hall–Kier alpha value is -2.32. The zero-order valence-corrected chi connectivity index (χ0v) is 21.1. The Bertz CT molecular complexity index is 1370. The van der Waals surface area contributed by atoms with Crippen molar-refractivity contribution >= 4 is 83.8 Å². The number of nitrogens with one attached hydrogen (secondary N) is 1. The van der Waals surface area contributed by atoms with E-state index in [4.69, 9.17) is 32.4 Å². The normalized spacial score (nSPS) is 11.3. The van der Waals surface area contributed by atoms with Crippen LogP contribution in [0.25, 0.3) is 28.6 Å². The van der Waals surface area contributed by atoms with Crippen molar-refractivity contribution in [1.82, 2.24) is 4.98 Å². The summed E-state index contributed by atoms with van der Waals surface area (Å²) in [5.41, 5.74) is 3.05. The van der Waals surface area contributed by atoms with E-state index in [1.807, 2.05) is 12.1 Å². The van der Waals surface area contributed by atoms with Crippen LogP contribution in [0.15, 0.2) is 68.0 Å². The molecule has 0 spiro atoms. The van der Waals surface area contributed by atoms with Crippen molar-refractivity contribution in [3.63, 3.8) is 0 Å². The predicted octanol–water partition coefficient (Wildman–Crippen LogP) is 7.99. The maximum atomic E-state index is 12.5. The number of amides is 1. The van der Waals surface area contributed by atoms with E-state index in [1.165, 1.54) is 6.08 Å². The highest BCUT2D eigenvalue weighted by atomic mass is 79.9. The summed E-state index contributed by atoms with van der Waals surface area (Å²) in [5, 5.41) is 3.82. The zero-order chi connectivity index (χ0) is 22.8. The van der Waals surface area contributed by atoms with Crippen LogP contribution in [0.2, 0.25) is 10.0 Å². The van der Waals surface area contributed by atoms with Gasteiger partial charge in [0.25, 0.3) is 0 Å². The molecular formula is C23H14Br2Cl2N2O3. The van der Waals surface area contributed by atoms with Gasteiger partial charge in [0, 0.05) is 26.8 Å². The van der Waals surface area contributed by atoms with E-state index < -0.39 is 0 Å². The fourth-order valence-electron chi connectivity index (χ4n) is 3.05. The van der Waals surface area contributed by atoms with E-state index in [0.717, 1.165) is 14.5 Å². The van der Waals surface area contributed by atoms with Crippen LogP contribution in [-0.4, -0.2) is 18.0 Å². The molecule has 4 rings (SSSR count). The highest BCUT2D eigenvalue weighted by Gasteiger charge is 2.14. The van der Waals surface area contributed by atoms with Gasteiger partial charge in [-0.2, -0.15) is 0 Å². The van der Waals surface area contributed by atoms with Crippen molar-refractivity contribution in [2.75, 3.05) is 12.4 Å². The Morgan fingerprint density at radius 1 is 1.12 bits per heavy atom. The number of anilines is 1. The topological polar surface area (TPSA) is 64.4 Å². The Labute approximate surface area is 210 Å². The van der Waals surface area contributed by atoms with Crippen molar-refractivity contribution in [3.05, 3.63) is 79.2 Å². The summed E-state index contributed by atoms with van der Waals surface area (Å²) >= 11 is 19.3. The molecule has 0 aliphatic heterocycles. The van der Waals surface area contributed by atoms with Gasteiger partial charge in [0.2, 0.25) is 11.8 Å². The van der Waals surface area contributed by atoms with E-state index in [9.17, 15) is 4.79 Å². The molecule has 1 amide bonds. The fraction of sp³-hybridized carbons (Fsp3) is 0.0435. The summed E-state index contributed by atoms with van der Waals surface area (Å²) in [6.45, 7) is 0. The van der Waals surface area contributed by atoms with E-state index in [-0.39, 0.29) is 5.91 Å². The predicted molar refractivity (Wildman–Crippen MR) is 136 cm³/mol. The summed E-state index contributed by atoms with van der Waals surface area (Å²) in [4.78, 5) is 17.0. The van der Waals surface area contributed by atoms with Gasteiger partial charge in [0.15, 0.2) is 5.58 Å². The molecule has 0 atom stereocenters. The molecule has 0 saturated carbocycles. The molecule has 0 bridgehead atoms. The van der Waals surface area contributed by atoms with Crippen molar-refractivity contribution in [2.45, 2.75) is 0 Å². The first kappa shape index (κ1) is 22.9. The van der Waals surface area contributed by atoms with Gasteiger partial charge in [-0.1, -0.05) is 39.1 Å². The lowest BCUT2D eigenvalue weighted by molar-refractivity contribution is -0.111. The van der Waals surface area contributed by atoms with Gasteiger partial charge < -0.3 is 14.5 Å². The highest BCUT2D eigenvalue weighted by Crippen LogP contribution is 2.34. The van der Waals surface area contributed by atoms with Gasteiger partial charge in [-0.25, -0.2) is 4.98 Å². The van der Waals surface area contributed by atoms with Crippen LogP contribution in [0.3, 0.4) is 0 Å². The molecule has 9 heteroatoms. The molecule has 0 unspecified atom stereocenters. The molecule has 0 aliphatic carbocycles. The third-order valence-corrected chi connectivity index (χ3v) is 6.08. The summed E-state index contributed by atoms with van der Waals surface area (Å²) in [7, 11) is 1.57. The van der Waals surface area contributed by atoms with Crippen LogP contribution in [0.5, 0.6) is 5.75 Å². The van der Waals surface area contributed by atoms with Crippen LogP contribution in [0.4, 0.5) is 5.69 Å². The minimum atomic E-state index is -0.319. The van der Waals surface area contributed by atoms with Crippen molar-refractivity contribution in [2.24, 2.45) is 0 Å². The summed E-state index contributed by atoms with van der Waals surface area (Å²) in [5.74, 6) is 0.644. The monoisotopic (exact) mass is 594 g/mol. The maximum Gasteiger partial charge on any atom is 0.248 e. The summed E-state index contributed by atoms with van der Waals surface area (Å²) in [6.07, 6.45) is 3.09. The molecule has 1 heterocycles. The van der Waals surface area contributed by atoms with E-state index in [1.54, 1.807) is 49.6 Å². The number of carbonyl (C=O) groups is 1. The molecule has 1 aromatic heterocycles. The number of nitrogens with zero attached hydrogens (tertiary/aromatic N) is 1. The second-order valence-electron chi connectivity index (χ2n) is 6.66. The molecule has 4 aromatic rings. The third-order valence-electron chi connectivity index (χ3n) is 4.47. The molecule has 162 valence electrons. The molecule has 0 fully saturated rings. The summed E-state index contributed by atoms with van der Waals surface area (Å²) < 4.78 is 12.8. The van der Waals surface area contributed by atoms with Gasteiger partial charge in [-0.3, -0.25) is 4.79 Å². The SMILES string of the molecule is COc1c(Br)cc(Br)cc1/C=C/C(=O)Nc1ccc(Cl)c(-c2nc3cc(Cl)ccc3o2)c1. The largest absolute Gasteiger partial charge is 0.495 e. The maximum absolute atomic E-state index is 12.5. The Morgan fingerprint density at radius 2 is 1.94 bits per heavy atom. The molecule has 0 saturated heterocycles. The molecule has 1 N–H and O–H groups in total. The van der Waals surface area contributed by atoms with E-state index in [0.29, 0.717) is 44.0 Å². The second kappa shape index (κ2) is 9.67. The highest BCUT2D eigenvalue weighted by molar-refractivity contribution is 9.11. The number of benzene rings is 3. The summed E-state index contributed by atoms with van der Waals surface area (Å²) in [6, 6.07) is 14.0. The van der Waals surface area contributed by atoms with Crippen molar-refractivity contribution < 1.29 is 13.9 Å². The van der Waals surface area contributed by atoms with Gasteiger partial charge in [-0.15, -0.1) is 0 Å². The standard InChI is InChI=1S/C23H14Br2Cl2N2O3/c1-31-22-12(8-13(24)9-17(22)25)2-7-21(30)28-15-4-5-18(27)16(11-15)23-29-19-10-14(26)3-6-20(19)32-23/h2-11H,1H3,(H,28,30)/b7-2+. The van der Waals surface area contributed by atoms with Crippen LogP contribution in [-0.2, 0) is 4.79 Å². The first-order chi connectivity index (χ1) is 15.3. The van der Waals surface area contributed by atoms with Crippen LogP contribution in [0, 0.1) is 0 Å². The molecule has 3 aromatic carbocycles. The Balaban J connectivity index is 1.57. The number of ether oxygens (including phenoxy) is 1. The smallest absolute Gasteiger partial charge is 0.248 e. The number of aromatic nitrogens is 1. The quantitative estimate of drug-likeness (QED) is 0.237. The number of carbonyl (C=O) groups excluding carboxylic acids is 1. The van der Waals surface area contributed by atoms with Crippen LogP contribution >= 0.6 is 55.1 Å². The van der Waals surface area contributed by atoms with Gasteiger partial charge >= 0.3 is 0 Å². The number of oxazole rings is 1. The average Bonchev–Trinajstić information content (AvgIpc) is 3.16. The number of halogens is 4. The molecule has 0 radical (unpaired) electrons. The Kier molecular flexibility index (Phi) is 6.90. The number of rotatable bonds is 5. The third kappa shape index (κ3) is 5.02. The van der Waals surface area contributed by atoms with Crippen molar-refractivity contribution in [3.8, 4) is 17.2 Å². The van der Waals surface area contributed by atoms with Crippen LogP contribution < -0.4 is 10.1 Å². The van der Waals surface area contributed by atoms with Gasteiger partial charge in [-0.05, 0) is 70.5 Å². The number of methoxy groups -OCH3 is 1. The second-order valence-corrected chi connectivity index (χ2v) is 9.27. The Morgan fingerprint density at radius 3 is 2.72 bits per heavy atom. The number of hydrogen-bond donors (Lipinski definition) is 1. The molecule has 0 aliphatic rings. The molecular weight excluding hydrogens is 583 g/mol. The van der Waals surface area contributed by atoms with E-state index >= 15 is 0 Å². The van der Waals surface area contributed by atoms with Crippen molar-refractivity contribution in [1.29, 1.82) is 0 Å². The lowest BCUT2D eigenvalue weighted by atomic mass is 10.1. The lowest BCUT2D eigenvalue weighted by Gasteiger charge is -2.08. The minimum absolute atomic E-state index is 0.319. The van der Waals surface area contributed by atoms with E-state index in [2.05, 4.69) is 42.2 Å². The number of hydrogen-bond acceptors (Lipinski definition) is 4. The minimum Gasteiger partial charge on any atom is -0.495 e. The molecule has 32 heavy (non-hydrogen) atoms. The van der Waals surface area contributed by atoms with Gasteiger partial charge in [0.05, 0.1) is 22.2 Å². The lowest BCUT2D eigenvalue weighted by Crippen LogP contribution is -2.07. The van der Waals surface area contributed by atoms with Crippen LogP contribution in [0.1, 0.15) is 5.56 Å². The van der Waals surface area contributed by atoms with Gasteiger partial charge in [0.1, 0.15) is 11.3 Å².